The lowest BCUT2D eigenvalue weighted by Gasteiger charge is -2.13. The molecule has 1 aliphatic rings. The van der Waals surface area contributed by atoms with E-state index in [-0.39, 0.29) is 18.8 Å². The van der Waals surface area contributed by atoms with Crippen molar-refractivity contribution in [3.63, 3.8) is 0 Å². The number of carbonyl (C=O) groups is 3. The molecule has 0 aliphatic carbocycles. The number of hydrogen-bond acceptors (Lipinski definition) is 6. The predicted octanol–water partition coefficient (Wildman–Crippen LogP) is 3.11. The number of aliphatic imine (C=N–C) groups is 1. The van der Waals surface area contributed by atoms with Crippen LogP contribution >= 0.6 is 11.8 Å². The fraction of sp³-hybridized carbons (Fsp3) is 0.500. The molecule has 0 N–H and O–H groups in total. The highest BCUT2D eigenvalue weighted by Crippen LogP contribution is 2.21. The van der Waals surface area contributed by atoms with E-state index >= 15 is 0 Å². The number of hydrogen-bond donors (Lipinski definition) is 0. The molecular weight excluding hydrogens is 316 g/mol. The van der Waals surface area contributed by atoms with Gasteiger partial charge in [-0.2, -0.15) is 0 Å². The van der Waals surface area contributed by atoms with Gasteiger partial charge in [-0.25, -0.2) is 4.79 Å². The maximum Gasteiger partial charge on any atom is 0.335 e. The van der Waals surface area contributed by atoms with E-state index in [9.17, 15) is 14.4 Å². The molecule has 0 aromatic carbocycles. The maximum atomic E-state index is 11.0. The fourth-order valence-electron chi connectivity index (χ4n) is 1.32. The number of thioether (sulfide) groups is 1. The molecular formula is C16H24N2O4S. The highest BCUT2D eigenvalue weighted by atomic mass is 32.2. The minimum absolute atomic E-state index is 0.129. The fourth-order valence-corrected chi connectivity index (χ4v) is 2.06. The quantitative estimate of drug-likeness (QED) is 0.422. The molecule has 128 valence electrons. The van der Waals surface area contributed by atoms with Crippen LogP contribution in [0.5, 0.6) is 0 Å². The van der Waals surface area contributed by atoms with E-state index in [0.29, 0.717) is 10.3 Å². The Balaban J connectivity index is 0.000000438. The summed E-state index contributed by atoms with van der Waals surface area (Å²) in [4.78, 5) is 41.4. The van der Waals surface area contributed by atoms with Crippen LogP contribution < -0.4 is 0 Å². The Morgan fingerprint density at radius 1 is 1.26 bits per heavy atom. The van der Waals surface area contributed by atoms with Crippen molar-refractivity contribution in [2.24, 2.45) is 10.9 Å². The number of rotatable bonds is 6. The van der Waals surface area contributed by atoms with Gasteiger partial charge in [0.1, 0.15) is 0 Å². The van der Waals surface area contributed by atoms with Gasteiger partial charge in [0.25, 0.3) is 11.8 Å². The van der Waals surface area contributed by atoms with E-state index in [1.54, 1.807) is 31.7 Å². The van der Waals surface area contributed by atoms with Gasteiger partial charge in [-0.1, -0.05) is 40.3 Å². The van der Waals surface area contributed by atoms with Crippen molar-refractivity contribution in [1.29, 1.82) is 0 Å². The van der Waals surface area contributed by atoms with Crippen LogP contribution in [0.2, 0.25) is 0 Å². The summed E-state index contributed by atoms with van der Waals surface area (Å²) < 4.78 is 0. The minimum atomic E-state index is -0.566. The van der Waals surface area contributed by atoms with Crippen LogP contribution in [0.25, 0.3) is 0 Å². The first-order valence-corrected chi connectivity index (χ1v) is 8.14. The van der Waals surface area contributed by atoms with E-state index in [4.69, 9.17) is 0 Å². The third kappa shape index (κ3) is 8.35. The van der Waals surface area contributed by atoms with Gasteiger partial charge in [-0.3, -0.25) is 14.6 Å². The Hall–Kier alpha value is -1.89. The molecule has 1 saturated heterocycles. The number of amides is 2. The average Bonchev–Trinajstić information content (AvgIpc) is 2.78. The molecule has 0 aromatic rings. The van der Waals surface area contributed by atoms with Crippen molar-refractivity contribution in [3.8, 4) is 0 Å². The largest absolute Gasteiger partial charge is 0.335 e. The topological polar surface area (TPSA) is 76.0 Å². The Bertz CT molecular complexity index is 482. The highest BCUT2D eigenvalue weighted by Gasteiger charge is 2.33. The monoisotopic (exact) mass is 340 g/mol. The lowest BCUT2D eigenvalue weighted by molar-refractivity contribution is -0.199. The van der Waals surface area contributed by atoms with Crippen LogP contribution in [0, 0.1) is 5.92 Å². The van der Waals surface area contributed by atoms with Crippen molar-refractivity contribution in [1.82, 2.24) is 5.06 Å². The Labute approximate surface area is 141 Å². The summed E-state index contributed by atoms with van der Waals surface area (Å²) in [5.74, 6) is -1.80. The second-order valence-corrected chi connectivity index (χ2v) is 6.81. The lowest BCUT2D eigenvalue weighted by Crippen LogP contribution is -2.33. The number of imide groups is 1. The molecule has 0 unspecified atom stereocenters. The third-order valence-corrected chi connectivity index (χ3v) is 3.41. The van der Waals surface area contributed by atoms with Gasteiger partial charge in [0.15, 0.2) is 0 Å². The SMILES string of the molecule is C=C/C=C(\N=C)SC(C)C.CC(C)C(=O)ON1C(=O)CCC1=O. The molecule has 1 fully saturated rings. The van der Waals surface area contributed by atoms with Crippen LogP contribution in [-0.4, -0.2) is 34.8 Å². The molecule has 0 radical (unpaired) electrons. The van der Waals surface area contributed by atoms with Crippen LogP contribution in [0.3, 0.4) is 0 Å². The maximum absolute atomic E-state index is 11.0. The Morgan fingerprint density at radius 3 is 2.13 bits per heavy atom. The summed E-state index contributed by atoms with van der Waals surface area (Å²) in [5.41, 5.74) is 0. The molecule has 23 heavy (non-hydrogen) atoms. The van der Waals surface area contributed by atoms with Gasteiger partial charge >= 0.3 is 5.97 Å². The van der Waals surface area contributed by atoms with Crippen molar-refractivity contribution in [2.75, 3.05) is 0 Å². The number of carbonyl (C=O) groups excluding carboxylic acids is 3. The van der Waals surface area contributed by atoms with E-state index in [1.165, 1.54) is 0 Å². The summed E-state index contributed by atoms with van der Waals surface area (Å²) in [6.45, 7) is 14.5. The zero-order chi connectivity index (χ0) is 18.0. The first kappa shape index (κ1) is 21.1. The van der Waals surface area contributed by atoms with Gasteiger partial charge in [0, 0.05) is 18.1 Å². The molecule has 1 heterocycles. The first-order valence-electron chi connectivity index (χ1n) is 7.26. The van der Waals surface area contributed by atoms with E-state index in [1.807, 2.05) is 6.08 Å². The van der Waals surface area contributed by atoms with Gasteiger partial charge < -0.3 is 4.84 Å². The van der Waals surface area contributed by atoms with E-state index in [0.717, 1.165) is 5.03 Å². The summed E-state index contributed by atoms with van der Waals surface area (Å²) in [6, 6.07) is 0. The predicted molar refractivity (Wildman–Crippen MR) is 92.6 cm³/mol. The van der Waals surface area contributed by atoms with Crippen LogP contribution in [0.1, 0.15) is 40.5 Å². The summed E-state index contributed by atoms with van der Waals surface area (Å²) >= 11 is 1.68. The molecule has 0 bridgehead atoms. The standard InChI is InChI=1S/C8H11NO4.C8H13NS/c1-5(2)8(12)13-9-6(10)3-4-7(9)11;1-5-6-8(9-4)10-7(2)3/h5H,3-4H2,1-2H3;5-7H,1,4H2,2-3H3/b;8-6+. The summed E-state index contributed by atoms with van der Waals surface area (Å²) in [7, 11) is 0. The first-order chi connectivity index (χ1) is 10.7. The van der Waals surface area contributed by atoms with Crippen LogP contribution in [0.15, 0.2) is 28.8 Å². The van der Waals surface area contributed by atoms with Crippen molar-refractivity contribution >= 4 is 36.3 Å². The molecule has 6 nitrogen and oxygen atoms in total. The Kier molecular flexibility index (Phi) is 9.89. The van der Waals surface area contributed by atoms with Gasteiger partial charge in [0.05, 0.1) is 10.9 Å². The molecule has 1 aliphatic heterocycles. The van der Waals surface area contributed by atoms with Crippen LogP contribution in [-0.2, 0) is 19.2 Å². The molecule has 7 heteroatoms. The number of allylic oxidation sites excluding steroid dienone is 2. The lowest BCUT2D eigenvalue weighted by atomic mass is 10.2. The average molecular weight is 340 g/mol. The van der Waals surface area contributed by atoms with E-state index in [2.05, 4.69) is 37.0 Å². The molecule has 0 spiro atoms. The van der Waals surface area contributed by atoms with Gasteiger partial charge in [0.2, 0.25) is 0 Å². The molecule has 0 saturated carbocycles. The smallest absolute Gasteiger partial charge is 0.330 e. The molecule has 2 amide bonds. The van der Waals surface area contributed by atoms with E-state index < -0.39 is 17.8 Å². The van der Waals surface area contributed by atoms with Gasteiger partial charge in [-0.15, -0.1) is 16.8 Å². The molecule has 0 atom stereocenters. The normalized spacial score (nSPS) is 14.7. The zero-order valence-electron chi connectivity index (χ0n) is 14.1. The second-order valence-electron chi connectivity index (χ2n) is 5.21. The molecule has 1 rings (SSSR count). The van der Waals surface area contributed by atoms with Crippen molar-refractivity contribution in [2.45, 2.75) is 45.8 Å². The van der Waals surface area contributed by atoms with Crippen molar-refractivity contribution in [3.05, 3.63) is 23.8 Å². The third-order valence-electron chi connectivity index (χ3n) is 2.43. The minimum Gasteiger partial charge on any atom is -0.330 e. The van der Waals surface area contributed by atoms with Gasteiger partial charge in [-0.05, 0) is 12.8 Å². The van der Waals surface area contributed by atoms with Crippen molar-refractivity contribution < 1.29 is 19.2 Å². The molecule has 0 aromatic heterocycles. The number of nitrogens with zero attached hydrogens (tertiary/aromatic N) is 2. The summed E-state index contributed by atoms with van der Waals surface area (Å²) in [6.07, 6.45) is 3.84. The zero-order valence-corrected chi connectivity index (χ0v) is 14.9. The highest BCUT2D eigenvalue weighted by molar-refractivity contribution is 8.03. The Morgan fingerprint density at radius 2 is 1.78 bits per heavy atom. The van der Waals surface area contributed by atoms with Crippen LogP contribution in [0.4, 0.5) is 0 Å². The number of hydroxylamine groups is 2. The summed E-state index contributed by atoms with van der Waals surface area (Å²) in [5, 5.41) is 2.05. The second kappa shape index (κ2) is 10.8.